The van der Waals surface area contributed by atoms with Crippen LogP contribution in [0.2, 0.25) is 5.02 Å². The summed E-state index contributed by atoms with van der Waals surface area (Å²) in [6, 6.07) is 6.50. The molecule has 2 aliphatic rings. The molecule has 0 unspecified atom stereocenters. The summed E-state index contributed by atoms with van der Waals surface area (Å²) < 4.78 is 20.5. The number of nitrogen functional groups attached to an aromatic ring is 1. The summed E-state index contributed by atoms with van der Waals surface area (Å²) in [5.41, 5.74) is 7.98. The van der Waals surface area contributed by atoms with Gasteiger partial charge in [0.15, 0.2) is 5.13 Å². The van der Waals surface area contributed by atoms with Crippen LogP contribution < -0.4 is 15.8 Å². The number of hydrogen-bond donors (Lipinski definition) is 2. The summed E-state index contributed by atoms with van der Waals surface area (Å²) in [5.74, 6) is 0.0189. The number of aromatic nitrogens is 1. The van der Waals surface area contributed by atoms with Gasteiger partial charge in [0, 0.05) is 48.2 Å². The SMILES string of the molecule is Nc1nc2c(-c3cc4c(cc3Cl)C(=O)N3CCNC[C@H]3CCO4)ccc(F)c2s1. The molecule has 2 aromatic carbocycles. The van der Waals surface area contributed by atoms with Crippen LogP contribution in [0.5, 0.6) is 5.75 Å². The lowest BCUT2D eigenvalue weighted by atomic mass is 9.99. The van der Waals surface area contributed by atoms with E-state index in [9.17, 15) is 9.18 Å². The number of anilines is 1. The van der Waals surface area contributed by atoms with Crippen molar-refractivity contribution in [1.29, 1.82) is 0 Å². The smallest absolute Gasteiger partial charge is 0.258 e. The summed E-state index contributed by atoms with van der Waals surface area (Å²) >= 11 is 7.68. The summed E-state index contributed by atoms with van der Waals surface area (Å²) in [5, 5.41) is 3.98. The molecule has 1 atom stereocenters. The number of fused-ring (bicyclic) bond motifs is 3. The number of nitrogens with zero attached hydrogens (tertiary/aromatic N) is 2. The Morgan fingerprint density at radius 3 is 3.03 bits per heavy atom. The van der Waals surface area contributed by atoms with Gasteiger partial charge in [-0.05, 0) is 24.3 Å². The van der Waals surface area contributed by atoms with Gasteiger partial charge in [-0.2, -0.15) is 0 Å². The van der Waals surface area contributed by atoms with E-state index in [-0.39, 0.29) is 22.9 Å². The van der Waals surface area contributed by atoms with Crippen molar-refractivity contribution in [2.75, 3.05) is 32.0 Å². The van der Waals surface area contributed by atoms with Crippen LogP contribution in [0.25, 0.3) is 21.3 Å². The third-order valence-corrected chi connectivity index (χ3v) is 6.63. The first kappa shape index (κ1) is 18.6. The lowest BCUT2D eigenvalue weighted by Gasteiger charge is -2.38. The van der Waals surface area contributed by atoms with Gasteiger partial charge in [-0.1, -0.05) is 22.9 Å². The minimum atomic E-state index is -0.378. The number of thiazole rings is 1. The van der Waals surface area contributed by atoms with Crippen LogP contribution in [-0.4, -0.2) is 48.1 Å². The van der Waals surface area contributed by atoms with Gasteiger partial charge in [0.05, 0.1) is 22.4 Å². The molecule has 2 aliphatic heterocycles. The summed E-state index contributed by atoms with van der Waals surface area (Å²) in [7, 11) is 0. The van der Waals surface area contributed by atoms with Crippen molar-refractivity contribution in [3.05, 3.63) is 40.7 Å². The number of piperazine rings is 1. The van der Waals surface area contributed by atoms with Crippen molar-refractivity contribution >= 4 is 44.2 Å². The Labute approximate surface area is 175 Å². The van der Waals surface area contributed by atoms with Crippen LogP contribution in [0.15, 0.2) is 24.3 Å². The summed E-state index contributed by atoms with van der Waals surface area (Å²) in [4.78, 5) is 19.3. The first-order chi connectivity index (χ1) is 14.0. The van der Waals surface area contributed by atoms with E-state index >= 15 is 0 Å². The Morgan fingerprint density at radius 1 is 1.31 bits per heavy atom. The molecular weight excluding hydrogens is 415 g/mol. The van der Waals surface area contributed by atoms with Gasteiger partial charge in [-0.3, -0.25) is 4.79 Å². The fourth-order valence-corrected chi connectivity index (χ4v) is 5.03. The van der Waals surface area contributed by atoms with E-state index < -0.39 is 0 Å². The zero-order valence-corrected chi connectivity index (χ0v) is 16.9. The zero-order chi connectivity index (χ0) is 20.1. The van der Waals surface area contributed by atoms with Gasteiger partial charge in [-0.15, -0.1) is 0 Å². The van der Waals surface area contributed by atoms with E-state index in [1.54, 1.807) is 18.2 Å². The largest absolute Gasteiger partial charge is 0.493 e. The van der Waals surface area contributed by atoms with Crippen molar-refractivity contribution < 1.29 is 13.9 Å². The molecule has 0 aliphatic carbocycles. The number of halogens is 2. The molecule has 1 amide bonds. The fraction of sp³-hybridized carbons (Fsp3) is 0.300. The highest BCUT2D eigenvalue weighted by Gasteiger charge is 2.32. The van der Waals surface area contributed by atoms with E-state index in [0.717, 1.165) is 30.8 Å². The fourth-order valence-electron chi connectivity index (χ4n) is 4.00. The number of rotatable bonds is 1. The number of benzene rings is 2. The summed E-state index contributed by atoms with van der Waals surface area (Å²) in [6.07, 6.45) is 0.750. The molecule has 3 heterocycles. The number of hydrogen-bond acceptors (Lipinski definition) is 6. The minimum absolute atomic E-state index is 0.0817. The number of ether oxygens (including phenoxy) is 1. The third kappa shape index (κ3) is 3.11. The van der Waals surface area contributed by atoms with Gasteiger partial charge in [0.1, 0.15) is 11.6 Å². The number of nitrogens with two attached hydrogens (primary N) is 1. The van der Waals surface area contributed by atoms with E-state index in [1.807, 2.05) is 4.90 Å². The number of nitrogens with one attached hydrogen (secondary N) is 1. The van der Waals surface area contributed by atoms with Gasteiger partial charge >= 0.3 is 0 Å². The monoisotopic (exact) mass is 432 g/mol. The first-order valence-electron chi connectivity index (χ1n) is 9.36. The Kier molecular flexibility index (Phi) is 4.57. The molecule has 0 saturated carbocycles. The predicted octanol–water partition coefficient (Wildman–Crippen LogP) is 3.53. The van der Waals surface area contributed by atoms with E-state index in [1.165, 1.54) is 6.07 Å². The van der Waals surface area contributed by atoms with Crippen LogP contribution in [0.1, 0.15) is 16.8 Å². The Balaban J connectivity index is 1.64. The molecule has 0 radical (unpaired) electrons. The lowest BCUT2D eigenvalue weighted by molar-refractivity contribution is 0.0576. The molecule has 3 aromatic rings. The van der Waals surface area contributed by atoms with Crippen molar-refractivity contribution in [3.63, 3.8) is 0 Å². The highest BCUT2D eigenvalue weighted by atomic mass is 35.5. The molecule has 0 spiro atoms. The van der Waals surface area contributed by atoms with Crippen LogP contribution in [0.3, 0.4) is 0 Å². The van der Waals surface area contributed by atoms with Crippen molar-refractivity contribution in [2.24, 2.45) is 0 Å². The van der Waals surface area contributed by atoms with Gasteiger partial charge in [-0.25, -0.2) is 9.37 Å². The zero-order valence-electron chi connectivity index (χ0n) is 15.4. The van der Waals surface area contributed by atoms with Gasteiger partial charge < -0.3 is 20.7 Å². The number of carbonyl (C=O) groups excluding carboxylic acids is 1. The molecule has 1 saturated heterocycles. The maximum absolute atomic E-state index is 14.2. The second-order valence-corrected chi connectivity index (χ2v) is 8.58. The normalized spacial score (nSPS) is 19.3. The molecule has 3 N–H and O–H groups in total. The van der Waals surface area contributed by atoms with Gasteiger partial charge in [0.25, 0.3) is 5.91 Å². The highest BCUT2D eigenvalue weighted by Crippen LogP contribution is 2.41. The van der Waals surface area contributed by atoms with Gasteiger partial charge in [0.2, 0.25) is 0 Å². The molecular formula is C20H18ClFN4O2S. The molecule has 29 heavy (non-hydrogen) atoms. The van der Waals surface area contributed by atoms with Crippen molar-refractivity contribution in [2.45, 2.75) is 12.5 Å². The average molecular weight is 433 g/mol. The summed E-state index contributed by atoms with van der Waals surface area (Å²) in [6.45, 7) is 2.67. The standard InChI is InChI=1S/C20H18ClFN4O2S/c21-14-7-13-16(28-6-3-10-9-24-4-5-26(10)19(13)27)8-12(14)11-1-2-15(22)18-17(11)25-20(23)29-18/h1-2,7-8,10,24H,3-6,9H2,(H2,23,25)/t10-/m1/s1. The minimum Gasteiger partial charge on any atom is -0.493 e. The molecule has 6 nitrogen and oxygen atoms in total. The second-order valence-electron chi connectivity index (χ2n) is 7.15. The molecule has 0 bridgehead atoms. The number of carbonyl (C=O) groups is 1. The molecule has 5 rings (SSSR count). The van der Waals surface area contributed by atoms with Crippen LogP contribution in [-0.2, 0) is 0 Å². The topological polar surface area (TPSA) is 80.5 Å². The Hall–Kier alpha value is -2.42. The van der Waals surface area contributed by atoms with Crippen molar-refractivity contribution in [3.8, 4) is 16.9 Å². The Morgan fingerprint density at radius 2 is 2.17 bits per heavy atom. The predicted molar refractivity (Wildman–Crippen MR) is 112 cm³/mol. The van der Waals surface area contributed by atoms with E-state index in [2.05, 4.69) is 10.3 Å². The second kappa shape index (κ2) is 7.12. The van der Waals surface area contributed by atoms with Crippen LogP contribution in [0.4, 0.5) is 9.52 Å². The maximum atomic E-state index is 14.2. The third-order valence-electron chi connectivity index (χ3n) is 5.42. The molecule has 150 valence electrons. The number of amides is 1. The molecule has 1 fully saturated rings. The maximum Gasteiger partial charge on any atom is 0.258 e. The molecule has 1 aromatic heterocycles. The lowest BCUT2D eigenvalue weighted by Crippen LogP contribution is -2.54. The highest BCUT2D eigenvalue weighted by molar-refractivity contribution is 7.22. The van der Waals surface area contributed by atoms with Crippen LogP contribution in [0, 0.1) is 5.82 Å². The average Bonchev–Trinajstić information content (AvgIpc) is 3.11. The first-order valence-corrected chi connectivity index (χ1v) is 10.6. The van der Waals surface area contributed by atoms with Crippen molar-refractivity contribution in [1.82, 2.24) is 15.2 Å². The Bertz CT molecular complexity index is 1140. The van der Waals surface area contributed by atoms with Crippen LogP contribution >= 0.6 is 22.9 Å². The quantitative estimate of drug-likeness (QED) is 0.614. The van der Waals surface area contributed by atoms with E-state index in [4.69, 9.17) is 22.1 Å². The van der Waals surface area contributed by atoms with E-state index in [0.29, 0.717) is 50.8 Å². The molecule has 9 heteroatoms.